The van der Waals surface area contributed by atoms with Gasteiger partial charge in [-0.25, -0.2) is 4.99 Å². The summed E-state index contributed by atoms with van der Waals surface area (Å²) in [5.74, 6) is 0.557. The summed E-state index contributed by atoms with van der Waals surface area (Å²) < 4.78 is 0. The van der Waals surface area contributed by atoms with Crippen LogP contribution < -0.4 is 10.6 Å². The van der Waals surface area contributed by atoms with Crippen molar-refractivity contribution in [3.8, 4) is 6.19 Å². The Hall–Kier alpha value is -2.02. The average molecular weight is 270 g/mol. The van der Waals surface area contributed by atoms with Crippen LogP contribution in [0, 0.1) is 11.5 Å². The van der Waals surface area contributed by atoms with Crippen molar-refractivity contribution in [3.05, 3.63) is 35.4 Å². The first-order chi connectivity index (χ1) is 9.49. The van der Waals surface area contributed by atoms with Gasteiger partial charge in [-0.1, -0.05) is 24.3 Å². The third-order valence-corrected chi connectivity index (χ3v) is 3.29. The summed E-state index contributed by atoms with van der Waals surface area (Å²) in [7, 11) is 0. The first kappa shape index (κ1) is 14.4. The van der Waals surface area contributed by atoms with Gasteiger partial charge in [-0.2, -0.15) is 5.26 Å². The second-order valence-corrected chi connectivity index (χ2v) is 6.20. The molecule has 20 heavy (non-hydrogen) atoms. The number of aliphatic imine (C=N–C) groups is 1. The molecule has 0 saturated carbocycles. The minimum atomic E-state index is -0.128. The largest absolute Gasteiger partial charge is 0.351 e. The molecule has 1 unspecified atom stereocenters. The number of guanidine groups is 1. The fourth-order valence-corrected chi connectivity index (χ4v) is 2.52. The summed E-state index contributed by atoms with van der Waals surface area (Å²) in [6.07, 6.45) is 5.25. The topological polar surface area (TPSA) is 60.2 Å². The highest BCUT2D eigenvalue weighted by Crippen LogP contribution is 2.32. The van der Waals surface area contributed by atoms with Gasteiger partial charge in [-0.05, 0) is 51.2 Å². The van der Waals surface area contributed by atoms with Crippen LogP contribution in [-0.4, -0.2) is 11.5 Å². The molecule has 1 aliphatic carbocycles. The van der Waals surface area contributed by atoms with Crippen LogP contribution in [0.4, 0.5) is 0 Å². The van der Waals surface area contributed by atoms with E-state index in [-0.39, 0.29) is 11.6 Å². The molecular weight excluding hydrogens is 248 g/mol. The molecule has 0 radical (unpaired) electrons. The number of rotatable bonds is 1. The molecule has 0 aliphatic heterocycles. The van der Waals surface area contributed by atoms with Gasteiger partial charge < -0.3 is 5.32 Å². The van der Waals surface area contributed by atoms with E-state index in [1.807, 2.05) is 6.19 Å². The maximum Gasteiger partial charge on any atom is 0.205 e. The van der Waals surface area contributed by atoms with Crippen LogP contribution in [0.5, 0.6) is 0 Å². The molecule has 0 saturated heterocycles. The van der Waals surface area contributed by atoms with Gasteiger partial charge in [0.15, 0.2) is 6.19 Å². The SMILES string of the molecule is CC(C)(C)NC(=NC1CCCc2ccccc21)NC#N. The molecule has 1 aliphatic rings. The molecule has 1 aromatic carbocycles. The predicted octanol–water partition coefficient (Wildman–Crippen LogP) is 2.88. The lowest BCUT2D eigenvalue weighted by atomic mass is 9.88. The first-order valence-corrected chi connectivity index (χ1v) is 7.08. The van der Waals surface area contributed by atoms with Gasteiger partial charge in [0.05, 0.1) is 6.04 Å². The van der Waals surface area contributed by atoms with Crippen molar-refractivity contribution in [1.29, 1.82) is 5.26 Å². The lowest BCUT2D eigenvalue weighted by Crippen LogP contribution is -2.46. The first-order valence-electron chi connectivity index (χ1n) is 7.08. The Morgan fingerprint density at radius 1 is 1.35 bits per heavy atom. The van der Waals surface area contributed by atoms with E-state index >= 15 is 0 Å². The molecule has 0 heterocycles. The van der Waals surface area contributed by atoms with Crippen molar-refractivity contribution < 1.29 is 0 Å². The van der Waals surface area contributed by atoms with Crippen LogP contribution in [0.25, 0.3) is 0 Å². The van der Waals surface area contributed by atoms with Crippen LogP contribution in [0.2, 0.25) is 0 Å². The summed E-state index contributed by atoms with van der Waals surface area (Å²) in [5.41, 5.74) is 2.53. The Morgan fingerprint density at radius 3 is 2.80 bits per heavy atom. The van der Waals surface area contributed by atoms with Crippen LogP contribution >= 0.6 is 0 Å². The van der Waals surface area contributed by atoms with Crippen LogP contribution in [0.1, 0.15) is 50.8 Å². The summed E-state index contributed by atoms with van der Waals surface area (Å²) >= 11 is 0. The predicted molar refractivity (Wildman–Crippen MR) is 81.2 cm³/mol. The van der Waals surface area contributed by atoms with Gasteiger partial charge in [0, 0.05) is 5.54 Å². The van der Waals surface area contributed by atoms with Crippen molar-refractivity contribution in [2.45, 2.75) is 51.6 Å². The monoisotopic (exact) mass is 270 g/mol. The second-order valence-electron chi connectivity index (χ2n) is 6.20. The van der Waals surface area contributed by atoms with Gasteiger partial charge in [-0.3, -0.25) is 5.32 Å². The zero-order chi connectivity index (χ0) is 14.6. The highest BCUT2D eigenvalue weighted by Gasteiger charge is 2.21. The molecule has 4 heteroatoms. The van der Waals surface area contributed by atoms with E-state index in [2.05, 4.69) is 55.7 Å². The van der Waals surface area contributed by atoms with E-state index in [0.29, 0.717) is 5.96 Å². The fraction of sp³-hybridized carbons (Fsp3) is 0.500. The Labute approximate surface area is 120 Å². The highest BCUT2D eigenvalue weighted by molar-refractivity contribution is 5.82. The van der Waals surface area contributed by atoms with Crippen LogP contribution in [0.15, 0.2) is 29.3 Å². The Kier molecular flexibility index (Phi) is 4.29. The molecule has 0 amide bonds. The molecule has 2 rings (SSSR count). The number of fused-ring (bicyclic) bond motifs is 1. The van der Waals surface area contributed by atoms with Crippen molar-refractivity contribution in [2.75, 3.05) is 0 Å². The van der Waals surface area contributed by atoms with Gasteiger partial charge in [0.1, 0.15) is 0 Å². The van der Waals surface area contributed by atoms with E-state index in [1.54, 1.807) is 0 Å². The number of aryl methyl sites for hydroxylation is 1. The summed E-state index contributed by atoms with van der Waals surface area (Å²) in [4.78, 5) is 4.72. The van der Waals surface area contributed by atoms with E-state index in [4.69, 9.17) is 10.3 Å². The van der Waals surface area contributed by atoms with Crippen molar-refractivity contribution in [1.82, 2.24) is 10.6 Å². The summed E-state index contributed by atoms with van der Waals surface area (Å²) in [5, 5.41) is 14.8. The fourth-order valence-electron chi connectivity index (χ4n) is 2.52. The zero-order valence-corrected chi connectivity index (χ0v) is 12.4. The molecule has 0 fully saturated rings. The second kappa shape index (κ2) is 5.96. The number of nitrogens with one attached hydrogen (secondary N) is 2. The van der Waals surface area contributed by atoms with Crippen molar-refractivity contribution >= 4 is 5.96 Å². The minimum Gasteiger partial charge on any atom is -0.351 e. The van der Waals surface area contributed by atoms with E-state index < -0.39 is 0 Å². The van der Waals surface area contributed by atoms with Crippen molar-refractivity contribution in [2.24, 2.45) is 4.99 Å². The molecule has 1 aromatic rings. The van der Waals surface area contributed by atoms with Crippen LogP contribution in [0.3, 0.4) is 0 Å². The Morgan fingerprint density at radius 2 is 2.10 bits per heavy atom. The number of nitriles is 1. The minimum absolute atomic E-state index is 0.128. The lowest BCUT2D eigenvalue weighted by molar-refractivity contribution is 0.497. The summed E-state index contributed by atoms with van der Waals surface area (Å²) in [6.45, 7) is 6.16. The van der Waals surface area contributed by atoms with Gasteiger partial charge >= 0.3 is 0 Å². The normalized spacial score (nSPS) is 18.9. The molecule has 4 nitrogen and oxygen atoms in total. The Balaban J connectivity index is 2.26. The highest BCUT2D eigenvalue weighted by atomic mass is 15.2. The molecular formula is C16H22N4. The molecule has 0 spiro atoms. The molecule has 106 valence electrons. The van der Waals surface area contributed by atoms with Crippen molar-refractivity contribution in [3.63, 3.8) is 0 Å². The average Bonchev–Trinajstić information content (AvgIpc) is 2.37. The maximum absolute atomic E-state index is 8.88. The van der Waals surface area contributed by atoms with Gasteiger partial charge in [0.2, 0.25) is 5.96 Å². The molecule has 2 N–H and O–H groups in total. The zero-order valence-electron chi connectivity index (χ0n) is 12.4. The van der Waals surface area contributed by atoms with E-state index in [1.165, 1.54) is 11.1 Å². The molecule has 0 aromatic heterocycles. The third-order valence-electron chi connectivity index (χ3n) is 3.29. The Bertz CT molecular complexity index is 534. The van der Waals surface area contributed by atoms with E-state index in [0.717, 1.165) is 19.3 Å². The third kappa shape index (κ3) is 3.74. The summed E-state index contributed by atoms with van der Waals surface area (Å²) in [6, 6.07) is 8.58. The number of hydrogen-bond acceptors (Lipinski definition) is 2. The molecule has 1 atom stereocenters. The maximum atomic E-state index is 8.88. The van der Waals surface area contributed by atoms with E-state index in [9.17, 15) is 0 Å². The van der Waals surface area contributed by atoms with Gasteiger partial charge in [-0.15, -0.1) is 0 Å². The number of hydrogen-bond donors (Lipinski definition) is 2. The van der Waals surface area contributed by atoms with Gasteiger partial charge in [0.25, 0.3) is 0 Å². The lowest BCUT2D eigenvalue weighted by Gasteiger charge is -2.26. The number of nitrogens with zero attached hydrogens (tertiary/aromatic N) is 2. The molecule has 0 bridgehead atoms. The number of benzene rings is 1. The standard InChI is InChI=1S/C16H22N4/c1-16(2,3)20-15(18-11-17)19-14-10-6-8-12-7-4-5-9-13(12)14/h4-5,7,9,14H,6,8,10H2,1-3H3,(H2,18,19,20). The van der Waals surface area contributed by atoms with Crippen LogP contribution in [-0.2, 0) is 6.42 Å². The quantitative estimate of drug-likeness (QED) is 0.357. The smallest absolute Gasteiger partial charge is 0.205 e.